The Kier molecular flexibility index (Phi) is 6.12. The van der Waals surface area contributed by atoms with Crippen LogP contribution in [0.3, 0.4) is 0 Å². The van der Waals surface area contributed by atoms with E-state index in [2.05, 4.69) is 0 Å². The number of halogens is 2. The van der Waals surface area contributed by atoms with E-state index in [1.165, 1.54) is 19.2 Å². The highest BCUT2D eigenvalue weighted by Crippen LogP contribution is 2.45. The number of fused-ring (bicyclic) bond motifs is 1. The molecule has 0 fully saturated rings. The summed E-state index contributed by atoms with van der Waals surface area (Å²) < 4.78 is 45.7. The number of carbonyl (C=O) groups excluding carboxylic acids is 2. The maximum absolute atomic E-state index is 14.9. The average Bonchev–Trinajstić information content (AvgIpc) is 3.44. The summed E-state index contributed by atoms with van der Waals surface area (Å²) in [6, 6.07) is 14.3. The summed E-state index contributed by atoms with van der Waals surface area (Å²) in [4.78, 5) is 27.8. The molecule has 1 atom stereocenters. The number of benzene rings is 3. The molecule has 1 aromatic heterocycles. The van der Waals surface area contributed by atoms with Gasteiger partial charge in [0.15, 0.2) is 23.0 Å². The number of Topliss-reactive ketones (excluding diaryl/α,β-unsaturated/α-hetero) is 1. The summed E-state index contributed by atoms with van der Waals surface area (Å²) in [6.07, 6.45) is 0. The molecule has 2 heterocycles. The van der Waals surface area contributed by atoms with E-state index in [1.54, 1.807) is 43.3 Å². The van der Waals surface area contributed by atoms with Crippen molar-refractivity contribution in [1.29, 1.82) is 0 Å². The van der Waals surface area contributed by atoms with Gasteiger partial charge in [0.05, 0.1) is 31.0 Å². The third kappa shape index (κ3) is 4.08. The summed E-state index contributed by atoms with van der Waals surface area (Å²) >= 11 is 0. The van der Waals surface area contributed by atoms with Crippen LogP contribution < -0.4 is 14.4 Å². The highest BCUT2D eigenvalue weighted by Gasteiger charge is 2.46. The minimum atomic E-state index is -1.32. The Labute approximate surface area is 210 Å². The molecule has 9 heteroatoms. The van der Waals surface area contributed by atoms with E-state index >= 15 is 0 Å². The number of hydrogen-bond acceptors (Lipinski definition) is 6. The lowest BCUT2D eigenvalue weighted by Crippen LogP contribution is -2.32. The molecule has 0 radical (unpaired) electrons. The van der Waals surface area contributed by atoms with Gasteiger partial charge in [0.25, 0.3) is 5.91 Å². The van der Waals surface area contributed by atoms with Crippen LogP contribution in [0.1, 0.15) is 29.1 Å². The molecule has 37 heavy (non-hydrogen) atoms. The fraction of sp³-hybridized carbons (Fsp3) is 0.143. The van der Waals surface area contributed by atoms with Crippen LogP contribution >= 0.6 is 0 Å². The second-order valence-electron chi connectivity index (χ2n) is 8.26. The molecule has 1 N–H and O–H groups in total. The lowest BCUT2D eigenvalue weighted by molar-refractivity contribution is -0.117. The Hall–Kier alpha value is -4.66. The number of nitrogens with zero attached hydrogens (tertiary/aromatic N) is 1. The normalized spacial score (nSPS) is 15.5. The first-order valence-electron chi connectivity index (χ1n) is 11.4. The number of aliphatic hydroxyl groups is 1. The minimum absolute atomic E-state index is 0.124. The minimum Gasteiger partial charge on any atom is -0.503 e. The van der Waals surface area contributed by atoms with Gasteiger partial charge in [-0.15, -0.1) is 0 Å². The smallest absolute Gasteiger partial charge is 0.294 e. The van der Waals surface area contributed by atoms with E-state index < -0.39 is 40.8 Å². The topological polar surface area (TPSA) is 89.2 Å². The largest absolute Gasteiger partial charge is 0.503 e. The summed E-state index contributed by atoms with van der Waals surface area (Å²) in [5.41, 5.74) is -0.0595. The van der Waals surface area contributed by atoms with Crippen molar-refractivity contribution in [2.45, 2.75) is 13.0 Å². The molecule has 1 unspecified atom stereocenters. The molecule has 5 rings (SSSR count). The molecule has 0 saturated carbocycles. The van der Waals surface area contributed by atoms with E-state index in [0.29, 0.717) is 28.0 Å². The molecule has 1 aliphatic heterocycles. The third-order valence-corrected chi connectivity index (χ3v) is 6.07. The lowest BCUT2D eigenvalue weighted by Gasteiger charge is -2.27. The van der Waals surface area contributed by atoms with Gasteiger partial charge in [0, 0.05) is 11.5 Å². The van der Waals surface area contributed by atoms with Crippen molar-refractivity contribution in [3.8, 4) is 11.5 Å². The highest BCUT2D eigenvalue weighted by atomic mass is 19.1. The number of rotatable bonds is 7. The Bertz CT molecular complexity index is 1540. The highest BCUT2D eigenvalue weighted by molar-refractivity contribution is 6.20. The van der Waals surface area contributed by atoms with Crippen molar-refractivity contribution in [3.05, 3.63) is 101 Å². The Morgan fingerprint density at radius 2 is 1.84 bits per heavy atom. The van der Waals surface area contributed by atoms with Gasteiger partial charge in [0.2, 0.25) is 5.78 Å². The molecule has 0 saturated heterocycles. The second kappa shape index (κ2) is 9.42. The number of methoxy groups -OCH3 is 1. The van der Waals surface area contributed by atoms with Gasteiger partial charge in [0.1, 0.15) is 17.2 Å². The summed E-state index contributed by atoms with van der Waals surface area (Å²) in [7, 11) is 1.45. The molecule has 188 valence electrons. The van der Waals surface area contributed by atoms with Crippen molar-refractivity contribution >= 4 is 28.3 Å². The predicted octanol–water partition coefficient (Wildman–Crippen LogP) is 5.90. The molecule has 4 aromatic rings. The summed E-state index contributed by atoms with van der Waals surface area (Å²) in [6.45, 7) is 2.05. The Morgan fingerprint density at radius 1 is 1.05 bits per heavy atom. The molecule has 3 aromatic carbocycles. The van der Waals surface area contributed by atoms with Crippen molar-refractivity contribution < 1.29 is 37.4 Å². The summed E-state index contributed by atoms with van der Waals surface area (Å²) in [5, 5.41) is 11.6. The van der Waals surface area contributed by atoms with Gasteiger partial charge in [-0.25, -0.2) is 8.78 Å². The molecule has 1 amide bonds. The molecular formula is C28H21F2NO6. The van der Waals surface area contributed by atoms with Crippen molar-refractivity contribution in [2.24, 2.45) is 0 Å². The van der Waals surface area contributed by atoms with Gasteiger partial charge < -0.3 is 19.0 Å². The van der Waals surface area contributed by atoms with Gasteiger partial charge in [-0.3, -0.25) is 14.5 Å². The molecule has 1 aliphatic rings. The number of furan rings is 1. The Balaban J connectivity index is 1.71. The SMILES string of the molecule is CCOc1cc(C2C(C(=O)c3cc4ccccc4o3)=C(O)C(=O)N2c2cc(F)ccc2F)ccc1OC. The standard InChI is InChI=1S/C28H21F2NO6/c1-3-36-22-13-16(8-11-21(22)35-2)25-24(26(32)23-12-15-6-4-5-7-20(15)37-23)27(33)28(34)31(25)19-14-17(29)9-10-18(19)30/h4-14,25,33H,3H2,1-2H3. The van der Waals surface area contributed by atoms with Crippen molar-refractivity contribution in [3.63, 3.8) is 0 Å². The summed E-state index contributed by atoms with van der Waals surface area (Å²) in [5.74, 6) is -3.89. The van der Waals surface area contributed by atoms with Gasteiger partial charge in [-0.2, -0.15) is 0 Å². The zero-order valence-electron chi connectivity index (χ0n) is 19.8. The van der Waals surface area contributed by atoms with Crippen LogP contribution in [-0.4, -0.2) is 30.5 Å². The molecular weight excluding hydrogens is 484 g/mol. The number of hydrogen-bond donors (Lipinski definition) is 1. The number of carbonyl (C=O) groups is 2. The molecule has 0 aliphatic carbocycles. The molecule has 0 bridgehead atoms. The first-order chi connectivity index (χ1) is 17.8. The van der Waals surface area contributed by atoms with Gasteiger partial charge in [-0.1, -0.05) is 24.3 Å². The number of amides is 1. The molecule has 7 nitrogen and oxygen atoms in total. The number of ketones is 1. The van der Waals surface area contributed by atoms with Crippen LogP contribution in [0.25, 0.3) is 11.0 Å². The first kappa shape index (κ1) is 24.1. The second-order valence-corrected chi connectivity index (χ2v) is 8.26. The van der Waals surface area contributed by atoms with Crippen LogP contribution in [0, 0.1) is 11.6 Å². The quantitative estimate of drug-likeness (QED) is 0.315. The molecule has 0 spiro atoms. The maximum Gasteiger partial charge on any atom is 0.294 e. The van der Waals surface area contributed by atoms with E-state index in [0.717, 1.165) is 23.1 Å². The van der Waals surface area contributed by atoms with Crippen LogP contribution in [0.5, 0.6) is 11.5 Å². The number of anilines is 1. The van der Waals surface area contributed by atoms with Crippen LogP contribution in [0.2, 0.25) is 0 Å². The number of ether oxygens (including phenoxy) is 2. The van der Waals surface area contributed by atoms with Gasteiger partial charge >= 0.3 is 0 Å². The Morgan fingerprint density at radius 3 is 2.57 bits per heavy atom. The zero-order valence-corrected chi connectivity index (χ0v) is 19.8. The van der Waals surface area contributed by atoms with E-state index in [-0.39, 0.29) is 17.9 Å². The average molecular weight is 505 g/mol. The first-order valence-corrected chi connectivity index (χ1v) is 11.4. The van der Waals surface area contributed by atoms with E-state index in [4.69, 9.17) is 13.9 Å². The number of para-hydroxylation sites is 1. The number of aliphatic hydroxyl groups excluding tert-OH is 1. The monoisotopic (exact) mass is 505 g/mol. The van der Waals surface area contributed by atoms with E-state index in [9.17, 15) is 23.5 Å². The third-order valence-electron chi connectivity index (χ3n) is 6.07. The fourth-order valence-corrected chi connectivity index (χ4v) is 4.43. The zero-order chi connectivity index (χ0) is 26.3. The van der Waals surface area contributed by atoms with Gasteiger partial charge in [-0.05, 0) is 48.9 Å². The van der Waals surface area contributed by atoms with Crippen molar-refractivity contribution in [1.82, 2.24) is 0 Å². The predicted molar refractivity (Wildman–Crippen MR) is 131 cm³/mol. The van der Waals surface area contributed by atoms with Crippen LogP contribution in [0.4, 0.5) is 14.5 Å². The maximum atomic E-state index is 14.9. The lowest BCUT2D eigenvalue weighted by atomic mass is 9.94. The van der Waals surface area contributed by atoms with Crippen molar-refractivity contribution in [2.75, 3.05) is 18.6 Å². The van der Waals surface area contributed by atoms with Crippen LogP contribution in [0.15, 0.2) is 82.5 Å². The van der Waals surface area contributed by atoms with Crippen LogP contribution in [-0.2, 0) is 4.79 Å². The fourth-order valence-electron chi connectivity index (χ4n) is 4.43. The van der Waals surface area contributed by atoms with E-state index in [1.807, 2.05) is 0 Å².